The Hall–Kier alpha value is -1.43. The predicted octanol–water partition coefficient (Wildman–Crippen LogP) is 1.82. The van der Waals surface area contributed by atoms with Crippen LogP contribution in [0.15, 0.2) is 23.1 Å². The first-order chi connectivity index (χ1) is 8.97. The third-order valence-electron chi connectivity index (χ3n) is 2.69. The molecule has 19 heavy (non-hydrogen) atoms. The van der Waals surface area contributed by atoms with Crippen LogP contribution in [0.1, 0.15) is 26.7 Å². The smallest absolute Gasteiger partial charge is 0.235 e. The first kappa shape index (κ1) is 15.6. The molecule has 0 radical (unpaired) electrons. The lowest BCUT2D eigenvalue weighted by Crippen LogP contribution is -2.36. The number of hydrogen-bond acceptors (Lipinski definition) is 3. The van der Waals surface area contributed by atoms with E-state index in [-0.39, 0.29) is 16.5 Å². The molecule has 0 aliphatic heterocycles. The van der Waals surface area contributed by atoms with E-state index >= 15 is 0 Å². The third-order valence-corrected chi connectivity index (χ3v) is 4.31. The molecule has 2 unspecified atom stereocenters. The fraction of sp³-hybridized carbons (Fsp3) is 0.462. The van der Waals surface area contributed by atoms with E-state index in [0.29, 0.717) is 6.54 Å². The average Bonchev–Trinajstić information content (AvgIpc) is 2.37. The second-order valence-electron chi connectivity index (χ2n) is 4.27. The number of halogens is 1. The van der Waals surface area contributed by atoms with Crippen LogP contribution in [0, 0.1) is 5.82 Å². The fourth-order valence-electron chi connectivity index (χ4n) is 1.50. The summed E-state index contributed by atoms with van der Waals surface area (Å²) in [7, 11) is -1.73. The van der Waals surface area contributed by atoms with Crippen LogP contribution in [-0.2, 0) is 15.6 Å². The summed E-state index contributed by atoms with van der Waals surface area (Å²) in [4.78, 5) is 11.8. The van der Waals surface area contributed by atoms with Crippen molar-refractivity contribution in [2.45, 2.75) is 36.8 Å². The van der Waals surface area contributed by atoms with Crippen LogP contribution in [0.5, 0.6) is 0 Å². The lowest BCUT2D eigenvalue weighted by atomic mass is 10.3. The van der Waals surface area contributed by atoms with Crippen LogP contribution < -0.4 is 11.1 Å². The molecule has 0 aliphatic carbocycles. The molecule has 1 rings (SSSR count). The van der Waals surface area contributed by atoms with Crippen molar-refractivity contribution in [3.63, 3.8) is 0 Å². The molecular weight excluding hydrogens is 267 g/mol. The van der Waals surface area contributed by atoms with Gasteiger partial charge < -0.3 is 11.1 Å². The number of hydrogen-bond donors (Lipinski definition) is 2. The number of unbranched alkanes of at least 4 members (excludes halogenated alkanes) is 1. The van der Waals surface area contributed by atoms with Crippen LogP contribution in [0.25, 0.3) is 0 Å². The quantitative estimate of drug-likeness (QED) is 0.619. The van der Waals surface area contributed by atoms with E-state index in [1.807, 2.05) is 6.92 Å². The topological polar surface area (TPSA) is 72.2 Å². The van der Waals surface area contributed by atoms with Crippen LogP contribution in [-0.4, -0.2) is 21.9 Å². The van der Waals surface area contributed by atoms with Gasteiger partial charge in [0, 0.05) is 12.2 Å². The summed E-state index contributed by atoms with van der Waals surface area (Å²) in [6.07, 6.45) is 1.83. The minimum atomic E-state index is -1.73. The Labute approximate surface area is 115 Å². The second kappa shape index (κ2) is 7.23. The molecule has 0 saturated carbocycles. The van der Waals surface area contributed by atoms with Crippen molar-refractivity contribution in [2.24, 2.45) is 0 Å². The summed E-state index contributed by atoms with van der Waals surface area (Å²) in [6.45, 7) is 4.08. The van der Waals surface area contributed by atoms with E-state index in [9.17, 15) is 13.4 Å². The van der Waals surface area contributed by atoms with Gasteiger partial charge in [0.05, 0.1) is 15.7 Å². The summed E-state index contributed by atoms with van der Waals surface area (Å²) in [6, 6.07) is 3.93. The molecule has 1 aromatic carbocycles. The van der Waals surface area contributed by atoms with Crippen molar-refractivity contribution in [3.05, 3.63) is 24.0 Å². The highest BCUT2D eigenvalue weighted by Gasteiger charge is 2.23. The van der Waals surface area contributed by atoms with Gasteiger partial charge in [0.1, 0.15) is 11.1 Å². The molecule has 4 nitrogen and oxygen atoms in total. The zero-order valence-corrected chi connectivity index (χ0v) is 11.9. The summed E-state index contributed by atoms with van der Waals surface area (Å²) in [5.74, 6) is -0.977. The molecular formula is C13H19FN2O2S. The summed E-state index contributed by atoms with van der Waals surface area (Å²) in [5, 5.41) is 1.89. The van der Waals surface area contributed by atoms with Gasteiger partial charge in [0.2, 0.25) is 5.91 Å². The van der Waals surface area contributed by atoms with E-state index in [1.165, 1.54) is 19.1 Å². The Kier molecular flexibility index (Phi) is 5.95. The lowest BCUT2D eigenvalue weighted by molar-refractivity contribution is -0.120. The molecule has 0 bridgehead atoms. The number of amides is 1. The number of nitrogens with one attached hydrogen (secondary N) is 1. The molecule has 0 aliphatic rings. The highest BCUT2D eigenvalue weighted by Crippen LogP contribution is 2.18. The largest absolute Gasteiger partial charge is 0.399 e. The van der Waals surface area contributed by atoms with Crippen molar-refractivity contribution < 1.29 is 13.4 Å². The van der Waals surface area contributed by atoms with E-state index < -0.39 is 21.9 Å². The van der Waals surface area contributed by atoms with Crippen molar-refractivity contribution in [3.8, 4) is 0 Å². The Morgan fingerprint density at radius 3 is 2.79 bits per heavy atom. The molecule has 6 heteroatoms. The zero-order valence-electron chi connectivity index (χ0n) is 11.1. The number of nitrogen functional groups attached to an aromatic ring is 1. The molecule has 1 amide bonds. The average molecular weight is 286 g/mol. The molecule has 106 valence electrons. The first-order valence-corrected chi connectivity index (χ1v) is 7.42. The maximum atomic E-state index is 13.6. The molecule has 0 saturated heterocycles. The van der Waals surface area contributed by atoms with Gasteiger partial charge >= 0.3 is 0 Å². The molecule has 0 fully saturated rings. The third kappa shape index (κ3) is 4.31. The van der Waals surface area contributed by atoms with Gasteiger partial charge in [-0.25, -0.2) is 4.39 Å². The normalized spacial score (nSPS) is 13.8. The molecule has 0 aromatic heterocycles. The molecule has 2 atom stereocenters. The van der Waals surface area contributed by atoms with Gasteiger partial charge in [-0.15, -0.1) is 0 Å². The minimum Gasteiger partial charge on any atom is -0.399 e. The van der Waals surface area contributed by atoms with Gasteiger partial charge in [0.25, 0.3) is 0 Å². The number of rotatable bonds is 6. The first-order valence-electron chi connectivity index (χ1n) is 6.20. The highest BCUT2D eigenvalue weighted by molar-refractivity contribution is 7.86. The summed E-state index contributed by atoms with van der Waals surface area (Å²) in [5.41, 5.74) is 5.69. The minimum absolute atomic E-state index is 0.00680. The summed E-state index contributed by atoms with van der Waals surface area (Å²) >= 11 is 0. The molecule has 1 aromatic rings. The number of carbonyl (C=O) groups is 1. The van der Waals surface area contributed by atoms with Gasteiger partial charge in [0.15, 0.2) is 0 Å². The van der Waals surface area contributed by atoms with Gasteiger partial charge in [-0.3, -0.25) is 9.00 Å². The number of nitrogens with two attached hydrogens (primary N) is 1. The van der Waals surface area contributed by atoms with Crippen LogP contribution >= 0.6 is 0 Å². The van der Waals surface area contributed by atoms with Crippen LogP contribution in [0.3, 0.4) is 0 Å². The Bertz CT molecular complexity index is 480. The van der Waals surface area contributed by atoms with E-state index in [1.54, 1.807) is 0 Å². The monoisotopic (exact) mass is 286 g/mol. The fourth-order valence-corrected chi connectivity index (χ4v) is 2.61. The van der Waals surface area contributed by atoms with Crippen molar-refractivity contribution >= 4 is 22.4 Å². The van der Waals surface area contributed by atoms with E-state index in [2.05, 4.69) is 5.32 Å². The molecule has 0 spiro atoms. The van der Waals surface area contributed by atoms with Crippen molar-refractivity contribution in [1.82, 2.24) is 5.32 Å². The van der Waals surface area contributed by atoms with Crippen molar-refractivity contribution in [1.29, 1.82) is 0 Å². The Balaban J connectivity index is 2.73. The van der Waals surface area contributed by atoms with E-state index in [0.717, 1.165) is 18.9 Å². The summed E-state index contributed by atoms with van der Waals surface area (Å²) < 4.78 is 25.7. The Morgan fingerprint density at radius 1 is 1.53 bits per heavy atom. The van der Waals surface area contributed by atoms with Crippen LogP contribution in [0.2, 0.25) is 0 Å². The van der Waals surface area contributed by atoms with Crippen molar-refractivity contribution in [2.75, 3.05) is 12.3 Å². The Morgan fingerprint density at radius 2 is 2.21 bits per heavy atom. The number of benzene rings is 1. The van der Waals surface area contributed by atoms with Gasteiger partial charge in [-0.1, -0.05) is 13.3 Å². The highest BCUT2D eigenvalue weighted by atomic mass is 32.2. The molecule has 0 heterocycles. The van der Waals surface area contributed by atoms with E-state index in [4.69, 9.17) is 5.73 Å². The second-order valence-corrected chi connectivity index (χ2v) is 6.02. The number of anilines is 1. The standard InChI is InChI=1S/C13H19FN2O2S/c1-3-4-7-16-13(17)9(2)19(18)12-6-5-10(15)8-11(12)14/h5-6,8-9H,3-4,7,15H2,1-2H3,(H,16,17). The van der Waals surface area contributed by atoms with Gasteiger partial charge in [-0.05, 0) is 31.5 Å². The van der Waals surface area contributed by atoms with Gasteiger partial charge in [-0.2, -0.15) is 0 Å². The number of carbonyl (C=O) groups excluding carboxylic acids is 1. The lowest BCUT2D eigenvalue weighted by Gasteiger charge is -2.12. The SMILES string of the molecule is CCCCNC(=O)C(C)S(=O)c1ccc(N)cc1F. The van der Waals surface area contributed by atoms with Crippen LogP contribution in [0.4, 0.5) is 10.1 Å². The zero-order chi connectivity index (χ0) is 14.4. The predicted molar refractivity (Wildman–Crippen MR) is 74.6 cm³/mol. The maximum absolute atomic E-state index is 13.6. The maximum Gasteiger partial charge on any atom is 0.235 e. The molecule has 3 N–H and O–H groups in total.